The van der Waals surface area contributed by atoms with Crippen LogP contribution >= 0.6 is 0 Å². The fourth-order valence-corrected chi connectivity index (χ4v) is 3.16. The molecule has 0 saturated heterocycles. The van der Waals surface area contributed by atoms with Crippen molar-refractivity contribution in [3.63, 3.8) is 0 Å². The van der Waals surface area contributed by atoms with E-state index in [1.54, 1.807) is 24.1 Å². The average Bonchev–Trinajstić information content (AvgIpc) is 2.83. The molecular formula is C25H27N3O3. The summed E-state index contributed by atoms with van der Waals surface area (Å²) in [6.07, 6.45) is 0. The van der Waals surface area contributed by atoms with E-state index >= 15 is 0 Å². The largest absolute Gasteiger partial charge is 0.497 e. The van der Waals surface area contributed by atoms with Gasteiger partial charge in [-0.25, -0.2) is 0 Å². The molecule has 31 heavy (non-hydrogen) atoms. The molecule has 0 spiro atoms. The minimum Gasteiger partial charge on any atom is -0.497 e. The summed E-state index contributed by atoms with van der Waals surface area (Å²) in [6.45, 7) is 3.06. The van der Waals surface area contributed by atoms with Gasteiger partial charge in [0.15, 0.2) is 0 Å². The molecule has 0 fully saturated rings. The van der Waals surface area contributed by atoms with Crippen molar-refractivity contribution in [1.82, 2.24) is 5.32 Å². The van der Waals surface area contributed by atoms with Crippen LogP contribution in [0.15, 0.2) is 78.9 Å². The van der Waals surface area contributed by atoms with Crippen LogP contribution in [-0.2, 0) is 11.3 Å². The Balaban J connectivity index is 1.56. The van der Waals surface area contributed by atoms with E-state index in [4.69, 9.17) is 4.74 Å². The first-order chi connectivity index (χ1) is 15.1. The monoisotopic (exact) mass is 417 g/mol. The predicted molar refractivity (Wildman–Crippen MR) is 124 cm³/mol. The lowest BCUT2D eigenvalue weighted by atomic mass is 10.1. The fraction of sp³-hybridized carbons (Fsp3) is 0.200. The number of rotatable bonds is 9. The number of nitrogens with one attached hydrogen (secondary N) is 2. The van der Waals surface area contributed by atoms with Gasteiger partial charge in [-0.05, 0) is 55.0 Å². The maximum atomic E-state index is 13.0. The number of hydrogen-bond donors (Lipinski definition) is 2. The first kappa shape index (κ1) is 21.9. The fourth-order valence-electron chi connectivity index (χ4n) is 3.16. The van der Waals surface area contributed by atoms with Crippen molar-refractivity contribution in [2.24, 2.45) is 0 Å². The second-order valence-corrected chi connectivity index (χ2v) is 6.94. The molecule has 0 radical (unpaired) electrons. The van der Waals surface area contributed by atoms with Crippen molar-refractivity contribution >= 4 is 23.2 Å². The summed E-state index contributed by atoms with van der Waals surface area (Å²) in [6, 6.07) is 24.3. The Morgan fingerprint density at radius 3 is 2.35 bits per heavy atom. The van der Waals surface area contributed by atoms with Crippen molar-refractivity contribution in [2.75, 3.05) is 30.4 Å². The number of benzene rings is 3. The highest BCUT2D eigenvalue weighted by molar-refractivity contribution is 6.06. The van der Waals surface area contributed by atoms with Gasteiger partial charge >= 0.3 is 0 Å². The zero-order valence-corrected chi connectivity index (χ0v) is 17.8. The Bertz CT molecular complexity index is 1000. The zero-order valence-electron chi connectivity index (χ0n) is 17.8. The second-order valence-electron chi connectivity index (χ2n) is 6.94. The Hall–Kier alpha value is -3.80. The lowest BCUT2D eigenvalue weighted by molar-refractivity contribution is -0.119. The highest BCUT2D eigenvalue weighted by atomic mass is 16.5. The number of para-hydroxylation sites is 1. The Labute approximate surface area is 182 Å². The molecule has 0 heterocycles. The molecule has 0 atom stereocenters. The number of hydrogen-bond acceptors (Lipinski definition) is 4. The van der Waals surface area contributed by atoms with E-state index in [0.717, 1.165) is 22.7 Å². The van der Waals surface area contributed by atoms with Crippen molar-refractivity contribution < 1.29 is 14.3 Å². The Morgan fingerprint density at radius 1 is 0.935 bits per heavy atom. The summed E-state index contributed by atoms with van der Waals surface area (Å²) < 4.78 is 5.13. The number of carbonyl (C=O) groups excluding carboxylic acids is 2. The molecule has 0 aliphatic carbocycles. The van der Waals surface area contributed by atoms with E-state index in [1.165, 1.54) is 0 Å². The topological polar surface area (TPSA) is 70.7 Å². The van der Waals surface area contributed by atoms with Gasteiger partial charge in [0, 0.05) is 30.0 Å². The third kappa shape index (κ3) is 6.09. The molecule has 0 aliphatic rings. The molecule has 3 aromatic carbocycles. The van der Waals surface area contributed by atoms with Crippen molar-refractivity contribution in [1.29, 1.82) is 0 Å². The number of methoxy groups -OCH3 is 1. The molecule has 2 N–H and O–H groups in total. The van der Waals surface area contributed by atoms with Crippen LogP contribution in [-0.4, -0.2) is 32.0 Å². The van der Waals surface area contributed by atoms with E-state index in [9.17, 15) is 9.59 Å². The molecule has 0 aromatic heterocycles. The van der Waals surface area contributed by atoms with E-state index in [2.05, 4.69) is 10.6 Å². The summed E-state index contributed by atoms with van der Waals surface area (Å²) in [5, 5.41) is 5.96. The highest BCUT2D eigenvalue weighted by Gasteiger charge is 2.16. The number of carbonyl (C=O) groups is 2. The summed E-state index contributed by atoms with van der Waals surface area (Å²) in [7, 11) is 1.62. The van der Waals surface area contributed by atoms with Gasteiger partial charge < -0.3 is 20.3 Å². The Kier molecular flexibility index (Phi) is 7.65. The number of ether oxygens (including phenoxy) is 1. The molecule has 0 aliphatic heterocycles. The molecule has 0 unspecified atom stereocenters. The van der Waals surface area contributed by atoms with E-state index in [1.807, 2.05) is 73.7 Å². The summed E-state index contributed by atoms with van der Waals surface area (Å²) >= 11 is 0. The lowest BCUT2D eigenvalue weighted by Gasteiger charge is -2.21. The number of nitrogens with zero attached hydrogens (tertiary/aromatic N) is 1. The molecular weight excluding hydrogens is 390 g/mol. The third-order valence-corrected chi connectivity index (χ3v) is 4.84. The molecule has 2 amide bonds. The highest BCUT2D eigenvalue weighted by Crippen LogP contribution is 2.18. The maximum Gasteiger partial charge on any atom is 0.258 e. The maximum absolute atomic E-state index is 13.0. The van der Waals surface area contributed by atoms with Crippen LogP contribution in [0.25, 0.3) is 0 Å². The van der Waals surface area contributed by atoms with Gasteiger partial charge in [0.2, 0.25) is 5.91 Å². The molecule has 3 aromatic rings. The molecule has 0 bridgehead atoms. The molecule has 6 nitrogen and oxygen atoms in total. The summed E-state index contributed by atoms with van der Waals surface area (Å²) in [5.74, 6) is 0.563. The van der Waals surface area contributed by atoms with Gasteiger partial charge in [0.1, 0.15) is 5.75 Å². The van der Waals surface area contributed by atoms with Gasteiger partial charge in [-0.1, -0.05) is 36.4 Å². The number of anilines is 2. The van der Waals surface area contributed by atoms with Gasteiger partial charge in [0.05, 0.1) is 13.7 Å². The molecule has 3 rings (SSSR count). The standard InChI is InChI=1S/C25H27N3O3/c1-3-28(22-10-5-4-6-11-22)25(30)20-8-7-9-21(16-20)26-18-24(29)27-17-19-12-14-23(31-2)15-13-19/h4-16,26H,3,17-18H2,1-2H3,(H,27,29). The van der Waals surface area contributed by atoms with Crippen LogP contribution in [0.1, 0.15) is 22.8 Å². The molecule has 160 valence electrons. The van der Waals surface area contributed by atoms with Crippen LogP contribution in [0.4, 0.5) is 11.4 Å². The molecule has 6 heteroatoms. The van der Waals surface area contributed by atoms with Gasteiger partial charge in [-0.3, -0.25) is 9.59 Å². The van der Waals surface area contributed by atoms with E-state index < -0.39 is 0 Å². The normalized spacial score (nSPS) is 10.3. The molecule has 0 saturated carbocycles. The minimum absolute atomic E-state index is 0.0821. The lowest BCUT2D eigenvalue weighted by Crippen LogP contribution is -2.31. The van der Waals surface area contributed by atoms with Crippen molar-refractivity contribution in [2.45, 2.75) is 13.5 Å². The third-order valence-electron chi connectivity index (χ3n) is 4.84. The second kappa shape index (κ2) is 10.8. The van der Waals surface area contributed by atoms with Crippen molar-refractivity contribution in [3.8, 4) is 5.75 Å². The minimum atomic E-state index is -0.132. The smallest absolute Gasteiger partial charge is 0.258 e. The van der Waals surface area contributed by atoms with Gasteiger partial charge in [-0.15, -0.1) is 0 Å². The summed E-state index contributed by atoms with van der Waals surface area (Å²) in [4.78, 5) is 26.9. The quantitative estimate of drug-likeness (QED) is 0.550. The first-order valence-corrected chi connectivity index (χ1v) is 10.2. The van der Waals surface area contributed by atoms with Crippen LogP contribution in [0.3, 0.4) is 0 Å². The van der Waals surface area contributed by atoms with Gasteiger partial charge in [-0.2, -0.15) is 0 Å². The Morgan fingerprint density at radius 2 is 1.68 bits per heavy atom. The average molecular weight is 418 g/mol. The zero-order chi connectivity index (χ0) is 22.1. The SMILES string of the molecule is CCN(C(=O)c1cccc(NCC(=O)NCc2ccc(OC)cc2)c1)c1ccccc1. The van der Waals surface area contributed by atoms with Crippen LogP contribution in [0, 0.1) is 0 Å². The number of amides is 2. The van der Waals surface area contributed by atoms with Crippen LogP contribution < -0.4 is 20.3 Å². The van der Waals surface area contributed by atoms with Gasteiger partial charge in [0.25, 0.3) is 5.91 Å². The van der Waals surface area contributed by atoms with E-state index in [0.29, 0.717) is 18.7 Å². The van der Waals surface area contributed by atoms with Crippen molar-refractivity contribution in [3.05, 3.63) is 90.0 Å². The predicted octanol–water partition coefficient (Wildman–Crippen LogP) is 4.09. The van der Waals surface area contributed by atoms with Crippen LogP contribution in [0.2, 0.25) is 0 Å². The van der Waals surface area contributed by atoms with E-state index in [-0.39, 0.29) is 18.4 Å². The first-order valence-electron chi connectivity index (χ1n) is 10.2. The van der Waals surface area contributed by atoms with Crippen LogP contribution in [0.5, 0.6) is 5.75 Å². The summed E-state index contributed by atoms with van der Waals surface area (Å²) in [5.41, 5.74) is 3.12.